The minimum absolute atomic E-state index is 0.0137. The smallest absolute Gasteiger partial charge is 0.263 e. The van der Waals surface area contributed by atoms with Crippen molar-refractivity contribution in [2.24, 2.45) is 0 Å². The minimum atomic E-state index is -3.57. The summed E-state index contributed by atoms with van der Waals surface area (Å²) < 4.78 is 24.1. The highest BCUT2D eigenvalue weighted by Crippen LogP contribution is 2.42. The third kappa shape index (κ3) is 3.14. The number of nitrogens with one attached hydrogen (secondary N) is 1. The second-order valence-corrected chi connectivity index (χ2v) is 8.02. The van der Waals surface area contributed by atoms with Crippen LogP contribution in [0.3, 0.4) is 0 Å². The van der Waals surface area contributed by atoms with E-state index in [4.69, 9.17) is 5.73 Å². The maximum absolute atomic E-state index is 12.0. The van der Waals surface area contributed by atoms with Crippen molar-refractivity contribution in [1.82, 2.24) is 5.32 Å². The lowest BCUT2D eigenvalue weighted by Crippen LogP contribution is -2.38. The molecule has 1 aromatic rings. The first-order chi connectivity index (χ1) is 9.75. The largest absolute Gasteiger partial charge is 0.396 e. The van der Waals surface area contributed by atoms with Gasteiger partial charge in [0.2, 0.25) is 0 Å². The summed E-state index contributed by atoms with van der Waals surface area (Å²) in [5.74, 6) is -0.411. The lowest BCUT2D eigenvalue weighted by Gasteiger charge is -2.31. The van der Waals surface area contributed by atoms with E-state index in [2.05, 4.69) is 5.32 Å². The van der Waals surface area contributed by atoms with Crippen molar-refractivity contribution in [1.29, 1.82) is 0 Å². The molecule has 1 unspecified atom stereocenters. The second-order valence-electron chi connectivity index (χ2n) is 5.07. The maximum Gasteiger partial charge on any atom is 0.263 e. The molecule has 1 atom stereocenters. The first-order valence-electron chi connectivity index (χ1n) is 6.53. The zero-order valence-electron chi connectivity index (χ0n) is 11.9. The van der Waals surface area contributed by atoms with Gasteiger partial charge in [-0.15, -0.1) is 11.3 Å². The number of hydrogen-bond donors (Lipinski definition) is 3. The van der Waals surface area contributed by atoms with Crippen molar-refractivity contribution in [3.05, 3.63) is 4.88 Å². The van der Waals surface area contributed by atoms with Gasteiger partial charge in [0.05, 0.1) is 11.8 Å². The van der Waals surface area contributed by atoms with Crippen LogP contribution in [0.25, 0.3) is 0 Å². The molecule has 1 saturated heterocycles. The van der Waals surface area contributed by atoms with Gasteiger partial charge in [0.1, 0.15) is 14.8 Å². The van der Waals surface area contributed by atoms with Gasteiger partial charge in [-0.3, -0.25) is 4.79 Å². The quantitative estimate of drug-likeness (QED) is 0.721. The third-order valence-electron chi connectivity index (χ3n) is 3.37. The SMILES string of the molecule is CNC(=O)c1sc(N2CCCC(O)C2)c(S(C)(=O)=O)c1N. The Kier molecular flexibility index (Phi) is 4.45. The molecular formula is C12H19N3O4S2. The van der Waals surface area contributed by atoms with E-state index in [1.165, 1.54) is 7.05 Å². The third-order valence-corrected chi connectivity index (χ3v) is 5.92. The molecule has 7 nitrogen and oxygen atoms in total. The lowest BCUT2D eigenvalue weighted by atomic mass is 10.1. The Labute approximate surface area is 127 Å². The van der Waals surface area contributed by atoms with Crippen LogP contribution in [-0.4, -0.2) is 51.9 Å². The fraction of sp³-hybridized carbons (Fsp3) is 0.583. The number of nitrogens with zero attached hydrogens (tertiary/aromatic N) is 1. The monoisotopic (exact) mass is 333 g/mol. The first-order valence-corrected chi connectivity index (χ1v) is 9.24. The number of nitrogens with two attached hydrogens (primary N) is 1. The van der Waals surface area contributed by atoms with Crippen LogP contribution in [0, 0.1) is 0 Å². The molecule has 0 aromatic carbocycles. The molecule has 21 heavy (non-hydrogen) atoms. The standard InChI is InChI=1S/C12H19N3O4S2/c1-14-11(17)9-8(13)10(21(2,18)19)12(20-9)15-5-3-4-7(16)6-15/h7,16H,3-6,13H2,1-2H3,(H,14,17). The molecule has 9 heteroatoms. The van der Waals surface area contributed by atoms with Crippen molar-refractivity contribution in [2.45, 2.75) is 23.8 Å². The average Bonchev–Trinajstić information content (AvgIpc) is 2.75. The number of piperidine rings is 1. The van der Waals surface area contributed by atoms with Crippen LogP contribution in [0.1, 0.15) is 22.5 Å². The zero-order valence-corrected chi connectivity index (χ0v) is 13.6. The fourth-order valence-electron chi connectivity index (χ4n) is 2.40. The number of carbonyl (C=O) groups is 1. The Bertz CT molecular complexity index is 654. The van der Waals surface area contributed by atoms with Gasteiger partial charge < -0.3 is 21.1 Å². The van der Waals surface area contributed by atoms with Gasteiger partial charge in [-0.2, -0.15) is 0 Å². The van der Waals surface area contributed by atoms with Crippen molar-refractivity contribution >= 4 is 37.8 Å². The summed E-state index contributed by atoms with van der Waals surface area (Å²) >= 11 is 1.05. The van der Waals surface area contributed by atoms with Gasteiger partial charge in [-0.1, -0.05) is 0 Å². The van der Waals surface area contributed by atoms with Gasteiger partial charge >= 0.3 is 0 Å². The molecule has 0 radical (unpaired) electrons. The number of aliphatic hydroxyl groups excluding tert-OH is 1. The predicted molar refractivity (Wildman–Crippen MR) is 82.7 cm³/mol. The van der Waals surface area contributed by atoms with Crippen molar-refractivity contribution in [3.63, 3.8) is 0 Å². The number of carbonyl (C=O) groups excluding carboxylic acids is 1. The number of rotatable bonds is 3. The van der Waals surface area contributed by atoms with E-state index in [0.717, 1.165) is 24.0 Å². The van der Waals surface area contributed by atoms with Gasteiger partial charge in [0, 0.05) is 26.4 Å². The number of nitrogen functional groups attached to an aromatic ring is 1. The fourth-order valence-corrected chi connectivity index (χ4v) is 5.09. The summed E-state index contributed by atoms with van der Waals surface area (Å²) in [6.45, 7) is 0.975. The number of anilines is 2. The highest BCUT2D eigenvalue weighted by atomic mass is 32.2. The summed E-state index contributed by atoms with van der Waals surface area (Å²) in [5, 5.41) is 12.7. The normalized spacial score (nSPS) is 19.6. The van der Waals surface area contributed by atoms with Crippen molar-refractivity contribution < 1.29 is 18.3 Å². The molecule has 1 amide bonds. The van der Waals surface area contributed by atoms with E-state index in [0.29, 0.717) is 24.5 Å². The number of β-amino-alcohol motifs (C(OH)–C–C–N with tert-alkyl or cyclic N) is 1. The summed E-state index contributed by atoms with van der Waals surface area (Å²) in [6.07, 6.45) is 2.02. The van der Waals surface area contributed by atoms with Crippen LogP contribution in [0.15, 0.2) is 4.90 Å². The summed E-state index contributed by atoms with van der Waals surface area (Å²) in [7, 11) is -2.11. The predicted octanol–water partition coefficient (Wildman–Crippen LogP) is 0.0545. The van der Waals surface area contributed by atoms with E-state index in [1.807, 2.05) is 0 Å². The van der Waals surface area contributed by atoms with E-state index >= 15 is 0 Å². The maximum atomic E-state index is 12.0. The van der Waals surface area contributed by atoms with E-state index in [-0.39, 0.29) is 15.5 Å². The molecule has 0 aliphatic carbocycles. The first kappa shape index (κ1) is 16.1. The number of sulfone groups is 1. The molecule has 1 fully saturated rings. The average molecular weight is 333 g/mol. The van der Waals surface area contributed by atoms with E-state index < -0.39 is 21.8 Å². The zero-order chi connectivity index (χ0) is 15.8. The van der Waals surface area contributed by atoms with Crippen LogP contribution in [0.5, 0.6) is 0 Å². The van der Waals surface area contributed by atoms with E-state index in [1.54, 1.807) is 4.90 Å². The van der Waals surface area contributed by atoms with Gasteiger partial charge in [-0.05, 0) is 12.8 Å². The number of amides is 1. The van der Waals surface area contributed by atoms with Crippen LogP contribution in [-0.2, 0) is 9.84 Å². The van der Waals surface area contributed by atoms with Crippen molar-refractivity contribution in [2.75, 3.05) is 37.0 Å². The molecule has 0 bridgehead atoms. The molecule has 1 aliphatic rings. The molecular weight excluding hydrogens is 314 g/mol. The summed E-state index contributed by atoms with van der Waals surface area (Å²) in [4.78, 5) is 13.8. The topological polar surface area (TPSA) is 113 Å². The molecule has 1 aliphatic heterocycles. The molecule has 4 N–H and O–H groups in total. The Morgan fingerprint density at radius 2 is 2.19 bits per heavy atom. The highest BCUT2D eigenvalue weighted by Gasteiger charge is 2.31. The Hall–Kier alpha value is -1.32. The lowest BCUT2D eigenvalue weighted by molar-refractivity contribution is 0.0968. The highest BCUT2D eigenvalue weighted by molar-refractivity contribution is 7.91. The van der Waals surface area contributed by atoms with Crippen LogP contribution < -0.4 is 16.0 Å². The number of aliphatic hydroxyl groups is 1. The molecule has 2 rings (SSSR count). The second kappa shape index (κ2) is 5.82. The molecule has 118 valence electrons. The minimum Gasteiger partial charge on any atom is -0.396 e. The Morgan fingerprint density at radius 3 is 2.71 bits per heavy atom. The molecule has 1 aromatic heterocycles. The Morgan fingerprint density at radius 1 is 1.52 bits per heavy atom. The van der Waals surface area contributed by atoms with Crippen molar-refractivity contribution in [3.8, 4) is 0 Å². The van der Waals surface area contributed by atoms with Gasteiger partial charge in [0.25, 0.3) is 5.91 Å². The number of thiophene rings is 1. The molecule has 0 spiro atoms. The van der Waals surface area contributed by atoms with Crippen LogP contribution in [0.4, 0.5) is 10.7 Å². The van der Waals surface area contributed by atoms with Crippen LogP contribution in [0.2, 0.25) is 0 Å². The summed E-state index contributed by atoms with van der Waals surface area (Å²) in [5.41, 5.74) is 5.87. The van der Waals surface area contributed by atoms with Gasteiger partial charge in [-0.25, -0.2) is 8.42 Å². The van der Waals surface area contributed by atoms with E-state index in [9.17, 15) is 18.3 Å². The Balaban J connectivity index is 2.56. The molecule has 0 saturated carbocycles. The summed E-state index contributed by atoms with van der Waals surface area (Å²) in [6, 6.07) is 0. The molecule has 2 heterocycles. The van der Waals surface area contributed by atoms with Crippen LogP contribution >= 0.6 is 11.3 Å². The number of hydrogen-bond acceptors (Lipinski definition) is 7. The van der Waals surface area contributed by atoms with Gasteiger partial charge in [0.15, 0.2) is 9.84 Å².